The molecule has 3 rings (SSSR count). The predicted octanol–water partition coefficient (Wildman–Crippen LogP) is 2.73. The number of thioether (sulfide) groups is 1. The molecule has 7 nitrogen and oxygen atoms in total. The number of sulfone groups is 1. The van der Waals surface area contributed by atoms with Crippen molar-refractivity contribution < 1.29 is 17.6 Å². The number of aromatic nitrogens is 3. The molecule has 0 unspecified atom stereocenters. The summed E-state index contributed by atoms with van der Waals surface area (Å²) in [6.45, 7) is 0.452. The Bertz CT molecular complexity index is 966. The van der Waals surface area contributed by atoms with E-state index in [2.05, 4.69) is 10.2 Å². The lowest BCUT2D eigenvalue weighted by atomic mass is 10.2. The molecule has 3 aromatic rings. The Morgan fingerprint density at radius 2 is 2.08 bits per heavy atom. The van der Waals surface area contributed by atoms with Crippen molar-refractivity contribution in [1.29, 1.82) is 0 Å². The summed E-state index contributed by atoms with van der Waals surface area (Å²) in [6.07, 6.45) is 2.84. The Morgan fingerprint density at radius 1 is 1.23 bits per heavy atom. The minimum atomic E-state index is -3.02. The molecule has 9 heteroatoms. The van der Waals surface area contributed by atoms with Gasteiger partial charge in [0.1, 0.15) is 21.3 Å². The molecule has 0 saturated heterocycles. The maximum absolute atomic E-state index is 11.4. The predicted molar refractivity (Wildman–Crippen MR) is 100 cm³/mol. The quantitative estimate of drug-likeness (QED) is 0.544. The summed E-state index contributed by atoms with van der Waals surface area (Å²) in [6, 6.07) is 11.3. The second kappa shape index (κ2) is 7.96. The van der Waals surface area contributed by atoms with Crippen LogP contribution in [0.4, 0.5) is 0 Å². The molecule has 2 heterocycles. The summed E-state index contributed by atoms with van der Waals surface area (Å²) in [4.78, 5) is 0. The van der Waals surface area contributed by atoms with Gasteiger partial charge in [-0.1, -0.05) is 23.9 Å². The third-order valence-electron chi connectivity index (χ3n) is 3.62. The van der Waals surface area contributed by atoms with E-state index in [1.165, 1.54) is 18.0 Å². The van der Waals surface area contributed by atoms with Crippen LogP contribution in [0.15, 0.2) is 52.2 Å². The van der Waals surface area contributed by atoms with E-state index in [-0.39, 0.29) is 5.75 Å². The van der Waals surface area contributed by atoms with Crippen molar-refractivity contribution >= 4 is 21.6 Å². The second-order valence-electron chi connectivity index (χ2n) is 5.68. The van der Waals surface area contributed by atoms with Crippen LogP contribution < -0.4 is 4.74 Å². The lowest BCUT2D eigenvalue weighted by molar-refractivity contribution is 0.415. The summed E-state index contributed by atoms with van der Waals surface area (Å²) >= 11 is 1.36. The molecular formula is C17H19N3O4S2. The molecule has 0 fully saturated rings. The molecule has 0 bridgehead atoms. The van der Waals surface area contributed by atoms with Crippen LogP contribution in [0, 0.1) is 0 Å². The molecule has 1 aromatic carbocycles. The molecule has 26 heavy (non-hydrogen) atoms. The summed E-state index contributed by atoms with van der Waals surface area (Å²) in [5, 5.41) is 9.19. The largest absolute Gasteiger partial charge is 0.497 e. The average Bonchev–Trinajstić information content (AvgIpc) is 3.25. The number of furan rings is 1. The van der Waals surface area contributed by atoms with Gasteiger partial charge in [-0.3, -0.25) is 4.57 Å². The van der Waals surface area contributed by atoms with Gasteiger partial charge in [0.25, 0.3) is 0 Å². The van der Waals surface area contributed by atoms with Crippen LogP contribution in [-0.2, 0) is 16.4 Å². The number of hydrogen-bond donors (Lipinski definition) is 0. The molecule has 0 atom stereocenters. The van der Waals surface area contributed by atoms with E-state index in [1.54, 1.807) is 13.4 Å². The van der Waals surface area contributed by atoms with Gasteiger partial charge < -0.3 is 9.15 Å². The smallest absolute Gasteiger partial charge is 0.191 e. The number of ether oxygens (including phenoxy) is 1. The van der Waals surface area contributed by atoms with E-state index < -0.39 is 9.84 Å². The van der Waals surface area contributed by atoms with Crippen molar-refractivity contribution in [2.24, 2.45) is 0 Å². The summed E-state index contributed by atoms with van der Waals surface area (Å²) in [5.41, 5.74) is 0.860. The Hall–Kier alpha value is -2.26. The van der Waals surface area contributed by atoms with Crippen LogP contribution in [0.25, 0.3) is 11.4 Å². The lowest BCUT2D eigenvalue weighted by Gasteiger charge is -2.09. The Kier molecular flexibility index (Phi) is 5.67. The van der Waals surface area contributed by atoms with E-state index in [1.807, 2.05) is 41.0 Å². The van der Waals surface area contributed by atoms with Gasteiger partial charge in [-0.25, -0.2) is 8.42 Å². The standard InChI is InChI=1S/C17H19N3O4S2/c1-23-14-6-3-5-13(11-14)16-18-19-17(25-9-10-26(2,21)22)20(16)12-15-7-4-8-24-15/h3-8,11H,9-10,12H2,1-2H3. The number of nitrogens with zero attached hydrogens (tertiary/aromatic N) is 3. The van der Waals surface area contributed by atoms with Crippen LogP contribution in [0.1, 0.15) is 5.76 Å². The molecular weight excluding hydrogens is 374 g/mol. The first-order valence-electron chi connectivity index (χ1n) is 7.87. The van der Waals surface area contributed by atoms with Gasteiger partial charge in [-0.05, 0) is 24.3 Å². The maximum atomic E-state index is 11.4. The van der Waals surface area contributed by atoms with Gasteiger partial charge in [-0.15, -0.1) is 10.2 Å². The Morgan fingerprint density at radius 3 is 2.77 bits per heavy atom. The Labute approximate surface area is 156 Å². The van der Waals surface area contributed by atoms with Crippen LogP contribution >= 0.6 is 11.8 Å². The van der Waals surface area contributed by atoms with Crippen LogP contribution in [0.5, 0.6) is 5.75 Å². The van der Waals surface area contributed by atoms with Crippen molar-refractivity contribution in [2.75, 3.05) is 24.9 Å². The van der Waals surface area contributed by atoms with Gasteiger partial charge in [0.05, 0.1) is 25.7 Å². The number of methoxy groups -OCH3 is 1. The van der Waals surface area contributed by atoms with Gasteiger partial charge in [-0.2, -0.15) is 0 Å². The fraction of sp³-hybridized carbons (Fsp3) is 0.294. The zero-order valence-corrected chi connectivity index (χ0v) is 16.1. The zero-order chi connectivity index (χ0) is 18.6. The third kappa shape index (κ3) is 4.67. The van der Waals surface area contributed by atoms with Gasteiger partial charge in [0, 0.05) is 17.6 Å². The van der Waals surface area contributed by atoms with E-state index in [9.17, 15) is 8.42 Å². The average molecular weight is 393 g/mol. The fourth-order valence-corrected chi connectivity index (χ4v) is 4.49. The SMILES string of the molecule is COc1cccc(-c2nnc(SCCS(C)(=O)=O)n2Cc2ccco2)c1. The highest BCUT2D eigenvalue weighted by Gasteiger charge is 2.17. The molecule has 0 aliphatic heterocycles. The van der Waals surface area contributed by atoms with Crippen LogP contribution in [0.2, 0.25) is 0 Å². The van der Waals surface area contributed by atoms with Crippen molar-refractivity contribution in [3.05, 3.63) is 48.4 Å². The molecule has 0 radical (unpaired) electrons. The van der Waals surface area contributed by atoms with Gasteiger partial charge >= 0.3 is 0 Å². The second-order valence-corrected chi connectivity index (χ2v) is 9.00. The third-order valence-corrected chi connectivity index (χ3v) is 5.80. The first kappa shape index (κ1) is 18.5. The van der Waals surface area contributed by atoms with Crippen molar-refractivity contribution in [1.82, 2.24) is 14.8 Å². The molecule has 0 aliphatic rings. The monoisotopic (exact) mass is 393 g/mol. The maximum Gasteiger partial charge on any atom is 0.191 e. The molecule has 0 N–H and O–H groups in total. The van der Waals surface area contributed by atoms with Crippen molar-refractivity contribution in [3.8, 4) is 17.1 Å². The summed E-state index contributed by atoms with van der Waals surface area (Å²) < 4.78 is 35.4. The van der Waals surface area contributed by atoms with Gasteiger partial charge in [0.15, 0.2) is 11.0 Å². The lowest BCUT2D eigenvalue weighted by Crippen LogP contribution is -2.07. The van der Waals surface area contributed by atoms with Crippen molar-refractivity contribution in [2.45, 2.75) is 11.7 Å². The van der Waals surface area contributed by atoms with E-state index >= 15 is 0 Å². The zero-order valence-electron chi connectivity index (χ0n) is 14.5. The van der Waals surface area contributed by atoms with Gasteiger partial charge in [0.2, 0.25) is 0 Å². The van der Waals surface area contributed by atoms with Crippen molar-refractivity contribution in [3.63, 3.8) is 0 Å². The van der Waals surface area contributed by atoms with Crippen LogP contribution in [0.3, 0.4) is 0 Å². The fourth-order valence-electron chi connectivity index (χ4n) is 2.36. The van der Waals surface area contributed by atoms with E-state index in [0.29, 0.717) is 23.3 Å². The number of hydrogen-bond acceptors (Lipinski definition) is 7. The van der Waals surface area contributed by atoms with Crippen LogP contribution in [-0.4, -0.2) is 48.1 Å². The minimum Gasteiger partial charge on any atom is -0.497 e. The molecule has 2 aromatic heterocycles. The first-order chi connectivity index (χ1) is 12.5. The normalized spacial score (nSPS) is 11.6. The molecule has 0 spiro atoms. The molecule has 0 aliphatic carbocycles. The first-order valence-corrected chi connectivity index (χ1v) is 10.9. The van der Waals surface area contributed by atoms with E-state index in [4.69, 9.17) is 9.15 Å². The number of rotatable bonds is 8. The summed E-state index contributed by atoms with van der Waals surface area (Å²) in [5.74, 6) is 2.65. The Balaban J connectivity index is 1.93. The van der Waals surface area contributed by atoms with E-state index in [0.717, 1.165) is 17.1 Å². The highest BCUT2D eigenvalue weighted by Crippen LogP contribution is 2.27. The highest BCUT2D eigenvalue weighted by atomic mass is 32.2. The molecule has 138 valence electrons. The number of benzene rings is 1. The minimum absolute atomic E-state index is 0.0831. The topological polar surface area (TPSA) is 87.2 Å². The molecule has 0 amide bonds. The highest BCUT2D eigenvalue weighted by molar-refractivity contribution is 8.00. The molecule has 0 saturated carbocycles. The summed E-state index contributed by atoms with van der Waals surface area (Å²) in [7, 11) is -1.41.